The van der Waals surface area contributed by atoms with Crippen LogP contribution in [0.1, 0.15) is 25.0 Å². The van der Waals surface area contributed by atoms with Crippen molar-refractivity contribution in [2.24, 2.45) is 0 Å². The fraction of sp³-hybridized carbons (Fsp3) is 0.286. The van der Waals surface area contributed by atoms with Crippen molar-refractivity contribution < 1.29 is 31.2 Å². The molecule has 0 saturated carbocycles. The van der Waals surface area contributed by atoms with E-state index in [1.54, 1.807) is 13.0 Å². The number of nitrogens with one attached hydrogen (secondary N) is 1. The maximum absolute atomic E-state index is 13.7. The SMILES string of the molecule is CCNC(=O)[C@@H](C)N(CCc1ccccc1)C(=O)CN(c1cccc(C(F)(F)F)c1)S(=O)(=O)c1ccccc1. The first-order valence-electron chi connectivity index (χ1n) is 12.3. The maximum atomic E-state index is 13.7. The van der Waals surface area contributed by atoms with Crippen molar-refractivity contribution in [2.75, 3.05) is 23.9 Å². The molecule has 3 aromatic rings. The molecule has 39 heavy (non-hydrogen) atoms. The van der Waals surface area contributed by atoms with Crippen molar-refractivity contribution >= 4 is 27.5 Å². The molecule has 3 aromatic carbocycles. The molecule has 0 aliphatic rings. The Kier molecular flexibility index (Phi) is 9.74. The van der Waals surface area contributed by atoms with Gasteiger partial charge in [-0.05, 0) is 56.2 Å². The summed E-state index contributed by atoms with van der Waals surface area (Å²) >= 11 is 0. The minimum atomic E-state index is -4.73. The van der Waals surface area contributed by atoms with Gasteiger partial charge < -0.3 is 10.2 Å². The second-order valence-corrected chi connectivity index (χ2v) is 10.6. The monoisotopic (exact) mass is 561 g/mol. The number of benzene rings is 3. The number of carbonyl (C=O) groups is 2. The molecule has 0 spiro atoms. The highest BCUT2D eigenvalue weighted by atomic mass is 32.2. The average Bonchev–Trinajstić information content (AvgIpc) is 2.92. The third-order valence-electron chi connectivity index (χ3n) is 6.07. The first kappa shape index (κ1) is 29.7. The highest BCUT2D eigenvalue weighted by Gasteiger charge is 2.35. The topological polar surface area (TPSA) is 86.8 Å². The molecule has 3 rings (SSSR count). The third-order valence-corrected chi connectivity index (χ3v) is 7.86. The van der Waals surface area contributed by atoms with E-state index in [9.17, 15) is 31.2 Å². The van der Waals surface area contributed by atoms with Gasteiger partial charge in [-0.1, -0.05) is 54.6 Å². The van der Waals surface area contributed by atoms with Gasteiger partial charge in [0.15, 0.2) is 0 Å². The molecular formula is C28H30F3N3O4S. The van der Waals surface area contributed by atoms with Gasteiger partial charge in [0.1, 0.15) is 12.6 Å². The van der Waals surface area contributed by atoms with Crippen molar-refractivity contribution in [1.82, 2.24) is 10.2 Å². The smallest absolute Gasteiger partial charge is 0.355 e. The Bertz CT molecular complexity index is 1370. The summed E-state index contributed by atoms with van der Waals surface area (Å²) in [6.07, 6.45) is -4.35. The van der Waals surface area contributed by atoms with Crippen LogP contribution in [-0.2, 0) is 32.2 Å². The number of halogens is 3. The Hall–Kier alpha value is -3.86. The summed E-state index contributed by atoms with van der Waals surface area (Å²) in [5.74, 6) is -1.17. The van der Waals surface area contributed by atoms with Crippen molar-refractivity contribution in [3.05, 3.63) is 96.1 Å². The van der Waals surface area contributed by atoms with Crippen LogP contribution >= 0.6 is 0 Å². The summed E-state index contributed by atoms with van der Waals surface area (Å²) < 4.78 is 68.4. The highest BCUT2D eigenvalue weighted by Crippen LogP contribution is 2.33. The van der Waals surface area contributed by atoms with Crippen LogP contribution in [-0.4, -0.2) is 50.8 Å². The number of likely N-dealkylation sites (N-methyl/N-ethyl adjacent to an activating group) is 1. The number of carbonyl (C=O) groups excluding carboxylic acids is 2. The predicted molar refractivity (Wildman–Crippen MR) is 142 cm³/mol. The van der Waals surface area contributed by atoms with E-state index in [-0.39, 0.29) is 17.1 Å². The van der Waals surface area contributed by atoms with Crippen LogP contribution in [0.15, 0.2) is 89.8 Å². The van der Waals surface area contributed by atoms with E-state index in [1.807, 2.05) is 30.3 Å². The van der Waals surface area contributed by atoms with E-state index in [0.29, 0.717) is 23.3 Å². The van der Waals surface area contributed by atoms with E-state index < -0.39 is 46.2 Å². The number of hydrogen-bond donors (Lipinski definition) is 1. The molecule has 0 fully saturated rings. The molecule has 0 aliphatic carbocycles. The van der Waals surface area contributed by atoms with Crippen LogP contribution in [0.4, 0.5) is 18.9 Å². The Labute approximate surface area is 226 Å². The van der Waals surface area contributed by atoms with Gasteiger partial charge in [-0.15, -0.1) is 0 Å². The van der Waals surface area contributed by atoms with Crippen LogP contribution in [0.2, 0.25) is 0 Å². The lowest BCUT2D eigenvalue weighted by molar-refractivity contribution is -0.138. The highest BCUT2D eigenvalue weighted by molar-refractivity contribution is 7.92. The Morgan fingerprint density at radius 3 is 2.13 bits per heavy atom. The fourth-order valence-corrected chi connectivity index (χ4v) is 5.40. The zero-order chi connectivity index (χ0) is 28.6. The number of rotatable bonds is 11. The van der Waals surface area contributed by atoms with Gasteiger partial charge in [0, 0.05) is 13.1 Å². The maximum Gasteiger partial charge on any atom is 0.416 e. The van der Waals surface area contributed by atoms with Crippen LogP contribution in [0, 0.1) is 0 Å². The van der Waals surface area contributed by atoms with Crippen molar-refractivity contribution in [2.45, 2.75) is 37.4 Å². The number of amides is 2. The fourth-order valence-electron chi connectivity index (χ4n) is 3.98. The largest absolute Gasteiger partial charge is 0.416 e. The van der Waals surface area contributed by atoms with Crippen LogP contribution < -0.4 is 9.62 Å². The summed E-state index contributed by atoms with van der Waals surface area (Å²) in [7, 11) is -4.45. The van der Waals surface area contributed by atoms with Gasteiger partial charge in [0.05, 0.1) is 16.1 Å². The zero-order valence-corrected chi connectivity index (χ0v) is 22.4. The molecule has 0 radical (unpaired) electrons. The normalized spacial score (nSPS) is 12.4. The third kappa shape index (κ3) is 7.60. The first-order valence-corrected chi connectivity index (χ1v) is 13.7. The molecule has 0 aliphatic heterocycles. The standard InChI is InChI=1S/C28H30F3N3O4S/c1-3-32-27(36)21(2)33(18-17-22-11-6-4-7-12-22)26(35)20-34(39(37,38)25-15-8-5-9-16-25)24-14-10-13-23(19-24)28(29,30)31/h4-16,19,21H,3,17-18,20H2,1-2H3,(H,32,36)/t21-/m1/s1. The van der Waals surface area contributed by atoms with Gasteiger partial charge in [-0.3, -0.25) is 13.9 Å². The van der Waals surface area contributed by atoms with Gasteiger partial charge in [-0.25, -0.2) is 8.42 Å². The molecule has 1 N–H and O–H groups in total. The molecule has 0 heterocycles. The van der Waals surface area contributed by atoms with Gasteiger partial charge >= 0.3 is 6.18 Å². The Morgan fingerprint density at radius 2 is 1.54 bits per heavy atom. The van der Waals surface area contributed by atoms with Crippen LogP contribution in [0.25, 0.3) is 0 Å². The number of anilines is 1. The van der Waals surface area contributed by atoms with E-state index in [0.717, 1.165) is 17.7 Å². The molecule has 0 unspecified atom stereocenters. The summed E-state index contributed by atoms with van der Waals surface area (Å²) in [4.78, 5) is 27.4. The Morgan fingerprint density at radius 1 is 0.923 bits per heavy atom. The minimum absolute atomic E-state index is 0.0863. The Balaban J connectivity index is 2.02. The lowest BCUT2D eigenvalue weighted by atomic mass is 10.1. The van der Waals surface area contributed by atoms with E-state index in [4.69, 9.17) is 0 Å². The van der Waals surface area contributed by atoms with Crippen molar-refractivity contribution in [1.29, 1.82) is 0 Å². The molecule has 208 valence electrons. The summed E-state index contributed by atoms with van der Waals surface area (Å²) in [5.41, 5.74) is -0.488. The van der Waals surface area contributed by atoms with E-state index >= 15 is 0 Å². The number of alkyl halides is 3. The second kappa shape index (κ2) is 12.8. The van der Waals surface area contributed by atoms with Crippen molar-refractivity contribution in [3.63, 3.8) is 0 Å². The molecule has 0 bridgehead atoms. The molecule has 11 heteroatoms. The average molecular weight is 562 g/mol. The molecule has 2 amide bonds. The molecule has 0 aromatic heterocycles. The minimum Gasteiger partial charge on any atom is -0.355 e. The zero-order valence-electron chi connectivity index (χ0n) is 21.6. The lowest BCUT2D eigenvalue weighted by Gasteiger charge is -2.32. The molecule has 0 saturated heterocycles. The van der Waals surface area contributed by atoms with Gasteiger partial charge in [0.2, 0.25) is 11.8 Å². The quantitative estimate of drug-likeness (QED) is 0.374. The predicted octanol–water partition coefficient (Wildman–Crippen LogP) is 4.50. The first-order chi connectivity index (χ1) is 18.4. The van der Waals surface area contributed by atoms with Crippen LogP contribution in [0.3, 0.4) is 0 Å². The number of hydrogen-bond acceptors (Lipinski definition) is 4. The molecular weight excluding hydrogens is 531 g/mol. The van der Waals surface area contributed by atoms with Crippen molar-refractivity contribution in [3.8, 4) is 0 Å². The molecule has 1 atom stereocenters. The number of sulfonamides is 1. The summed E-state index contributed by atoms with van der Waals surface area (Å²) in [6.45, 7) is 2.85. The van der Waals surface area contributed by atoms with Gasteiger partial charge in [0.25, 0.3) is 10.0 Å². The van der Waals surface area contributed by atoms with E-state index in [1.165, 1.54) is 42.2 Å². The summed E-state index contributed by atoms with van der Waals surface area (Å²) in [5, 5.41) is 2.65. The van der Waals surface area contributed by atoms with E-state index in [2.05, 4.69) is 5.32 Å². The van der Waals surface area contributed by atoms with Crippen LogP contribution in [0.5, 0.6) is 0 Å². The van der Waals surface area contributed by atoms with Gasteiger partial charge in [-0.2, -0.15) is 13.2 Å². The molecule has 7 nitrogen and oxygen atoms in total. The summed E-state index contributed by atoms with van der Waals surface area (Å²) in [6, 6.07) is 19.2. The number of nitrogens with zero attached hydrogens (tertiary/aromatic N) is 2. The lowest BCUT2D eigenvalue weighted by Crippen LogP contribution is -2.52. The second-order valence-electron chi connectivity index (χ2n) is 8.77.